The average Bonchev–Trinajstić information content (AvgIpc) is 3.17. The number of nitrogens with zero attached hydrogens (tertiary/aromatic N) is 2. The summed E-state index contributed by atoms with van der Waals surface area (Å²) in [6, 6.07) is 21.6. The third-order valence-corrected chi connectivity index (χ3v) is 7.27. The van der Waals surface area contributed by atoms with E-state index in [0.717, 1.165) is 0 Å². The molecule has 1 saturated heterocycles. The Kier molecular flexibility index (Phi) is 7.21. The molecule has 0 unspecified atom stereocenters. The highest BCUT2D eigenvalue weighted by atomic mass is 19.1. The van der Waals surface area contributed by atoms with Gasteiger partial charge < -0.3 is 20.2 Å². The van der Waals surface area contributed by atoms with E-state index in [9.17, 15) is 28.9 Å². The number of likely N-dealkylation sites (N-methyl/N-ethyl adjacent to an activating group) is 1. The molecule has 4 aromatic carbocycles. The van der Waals surface area contributed by atoms with Crippen LogP contribution in [0.1, 0.15) is 36.1 Å². The molecule has 1 heterocycles. The number of hydrogen-bond acceptors (Lipinski definition) is 4. The minimum Gasteiger partial charge on any atom is -0.508 e. The summed E-state index contributed by atoms with van der Waals surface area (Å²) in [5, 5.41) is 31.8. The van der Waals surface area contributed by atoms with Gasteiger partial charge in [0.1, 0.15) is 23.1 Å². The first-order valence-corrected chi connectivity index (χ1v) is 12.6. The van der Waals surface area contributed by atoms with Crippen LogP contribution in [0.25, 0.3) is 11.1 Å². The van der Waals surface area contributed by atoms with Crippen molar-refractivity contribution in [1.29, 1.82) is 0 Å². The Hall–Kier alpha value is -4.43. The SMILES string of the molecule is CN1C(=O)N(c2ccc(F)cc2)[C@H](c2ccc(-c3cccc(O)c3)cc2O)[C@H]1CC[C@H](O)c1ccc(F)cc1. The lowest BCUT2D eigenvalue weighted by Crippen LogP contribution is -2.31. The van der Waals surface area contributed by atoms with Gasteiger partial charge in [-0.15, -0.1) is 0 Å². The third-order valence-electron chi connectivity index (χ3n) is 7.27. The summed E-state index contributed by atoms with van der Waals surface area (Å²) in [7, 11) is 1.66. The molecule has 1 aliphatic heterocycles. The van der Waals surface area contributed by atoms with Gasteiger partial charge in [0.2, 0.25) is 0 Å². The summed E-state index contributed by atoms with van der Waals surface area (Å²) < 4.78 is 27.1. The normalized spacial score (nSPS) is 18.0. The molecule has 39 heavy (non-hydrogen) atoms. The number of phenolic OH excluding ortho intramolecular Hbond substituents is 2. The maximum Gasteiger partial charge on any atom is 0.325 e. The standard InChI is InChI=1S/C31H28F2N2O4/c1-34-27(15-16-28(37)19-5-8-22(32)9-6-19)30(35(31(34)39)24-12-10-23(33)11-13-24)26-14-7-21(18-29(26)38)20-3-2-4-25(36)17-20/h2-14,17-18,27-28,30,36-38H,15-16H2,1H3/t27-,28+,30-/m1/s1. The Morgan fingerprint density at radius 2 is 1.49 bits per heavy atom. The topological polar surface area (TPSA) is 84.2 Å². The van der Waals surface area contributed by atoms with E-state index >= 15 is 0 Å². The molecule has 3 atom stereocenters. The first kappa shape index (κ1) is 26.2. The molecule has 0 saturated carbocycles. The van der Waals surface area contributed by atoms with Gasteiger partial charge in [0.05, 0.1) is 18.2 Å². The molecule has 1 fully saturated rings. The van der Waals surface area contributed by atoms with Crippen molar-refractivity contribution in [3.05, 3.63) is 114 Å². The van der Waals surface area contributed by atoms with Crippen molar-refractivity contribution in [3.63, 3.8) is 0 Å². The molecule has 0 aliphatic carbocycles. The van der Waals surface area contributed by atoms with E-state index in [1.807, 2.05) is 6.07 Å². The molecule has 0 radical (unpaired) electrons. The van der Waals surface area contributed by atoms with E-state index in [-0.39, 0.29) is 24.0 Å². The van der Waals surface area contributed by atoms with Crippen LogP contribution in [0.3, 0.4) is 0 Å². The van der Waals surface area contributed by atoms with Gasteiger partial charge in [-0.3, -0.25) is 4.90 Å². The number of rotatable bonds is 7. The van der Waals surface area contributed by atoms with Gasteiger partial charge in [-0.2, -0.15) is 0 Å². The zero-order valence-electron chi connectivity index (χ0n) is 21.2. The lowest BCUT2D eigenvalue weighted by atomic mass is 9.91. The first-order valence-electron chi connectivity index (χ1n) is 12.6. The smallest absolute Gasteiger partial charge is 0.325 e. The minimum absolute atomic E-state index is 0.0415. The Morgan fingerprint density at radius 3 is 2.13 bits per heavy atom. The number of aliphatic hydroxyl groups is 1. The Morgan fingerprint density at radius 1 is 0.846 bits per heavy atom. The number of aliphatic hydroxyl groups excluding tert-OH is 1. The summed E-state index contributed by atoms with van der Waals surface area (Å²) >= 11 is 0. The van der Waals surface area contributed by atoms with Crippen molar-refractivity contribution in [2.24, 2.45) is 0 Å². The Bertz CT molecular complexity index is 1480. The average molecular weight is 531 g/mol. The van der Waals surface area contributed by atoms with Crippen LogP contribution < -0.4 is 4.90 Å². The fourth-order valence-electron chi connectivity index (χ4n) is 5.22. The molecule has 2 amide bonds. The zero-order valence-corrected chi connectivity index (χ0v) is 21.2. The molecule has 4 aromatic rings. The fraction of sp³-hybridized carbons (Fsp3) is 0.194. The van der Waals surface area contributed by atoms with Gasteiger partial charge >= 0.3 is 6.03 Å². The minimum atomic E-state index is -0.878. The van der Waals surface area contributed by atoms with E-state index < -0.39 is 29.8 Å². The fourth-order valence-corrected chi connectivity index (χ4v) is 5.22. The predicted molar refractivity (Wildman–Crippen MR) is 144 cm³/mol. The number of hydrogen-bond donors (Lipinski definition) is 3. The Balaban J connectivity index is 1.51. The van der Waals surface area contributed by atoms with Gasteiger partial charge in [0.25, 0.3) is 0 Å². The second-order valence-corrected chi connectivity index (χ2v) is 9.72. The highest BCUT2D eigenvalue weighted by Crippen LogP contribution is 2.44. The highest BCUT2D eigenvalue weighted by Gasteiger charge is 2.46. The van der Waals surface area contributed by atoms with E-state index in [0.29, 0.717) is 34.4 Å². The lowest BCUT2D eigenvalue weighted by Gasteiger charge is -2.29. The van der Waals surface area contributed by atoms with Crippen molar-refractivity contribution < 1.29 is 28.9 Å². The van der Waals surface area contributed by atoms with Crippen molar-refractivity contribution in [2.75, 3.05) is 11.9 Å². The number of phenols is 2. The monoisotopic (exact) mass is 530 g/mol. The molecule has 3 N–H and O–H groups in total. The maximum atomic E-state index is 13.7. The van der Waals surface area contributed by atoms with E-state index in [1.165, 1.54) is 53.4 Å². The first-order chi connectivity index (χ1) is 18.7. The molecule has 0 spiro atoms. The van der Waals surface area contributed by atoms with Crippen molar-refractivity contribution >= 4 is 11.7 Å². The van der Waals surface area contributed by atoms with Crippen molar-refractivity contribution in [2.45, 2.75) is 31.0 Å². The number of urea groups is 1. The second-order valence-electron chi connectivity index (χ2n) is 9.72. The van der Waals surface area contributed by atoms with E-state index in [1.54, 1.807) is 48.3 Å². The van der Waals surface area contributed by atoms with Crippen LogP contribution in [0, 0.1) is 11.6 Å². The quantitative estimate of drug-likeness (QED) is 0.253. The van der Waals surface area contributed by atoms with Crippen LogP contribution in [-0.2, 0) is 0 Å². The van der Waals surface area contributed by atoms with Crippen molar-refractivity contribution in [3.8, 4) is 22.6 Å². The summed E-state index contributed by atoms with van der Waals surface area (Å²) in [5.74, 6) is -0.777. The summed E-state index contributed by atoms with van der Waals surface area (Å²) in [6.07, 6.45) is -0.225. The molecule has 200 valence electrons. The number of carbonyl (C=O) groups excluding carboxylic acids is 1. The summed E-state index contributed by atoms with van der Waals surface area (Å²) in [6.45, 7) is 0. The number of halogens is 2. The predicted octanol–water partition coefficient (Wildman–Crippen LogP) is 6.54. The molecule has 0 aromatic heterocycles. The highest BCUT2D eigenvalue weighted by molar-refractivity contribution is 5.96. The van der Waals surface area contributed by atoms with Crippen LogP contribution in [0.15, 0.2) is 91.0 Å². The van der Waals surface area contributed by atoms with Gasteiger partial charge in [-0.1, -0.05) is 36.4 Å². The van der Waals surface area contributed by atoms with Gasteiger partial charge in [-0.05, 0) is 84.1 Å². The van der Waals surface area contributed by atoms with E-state index in [2.05, 4.69) is 0 Å². The summed E-state index contributed by atoms with van der Waals surface area (Å²) in [5.41, 5.74) is 2.92. The van der Waals surface area contributed by atoms with Gasteiger partial charge in [-0.25, -0.2) is 13.6 Å². The van der Waals surface area contributed by atoms with Crippen LogP contribution >= 0.6 is 0 Å². The third kappa shape index (κ3) is 5.28. The molecule has 5 rings (SSSR count). The zero-order chi connectivity index (χ0) is 27.7. The molecular formula is C31H28F2N2O4. The summed E-state index contributed by atoms with van der Waals surface area (Å²) in [4.78, 5) is 16.6. The number of anilines is 1. The number of carbonyl (C=O) groups is 1. The molecule has 8 heteroatoms. The van der Waals surface area contributed by atoms with Crippen molar-refractivity contribution in [1.82, 2.24) is 4.90 Å². The molecular weight excluding hydrogens is 502 g/mol. The molecule has 6 nitrogen and oxygen atoms in total. The lowest BCUT2D eigenvalue weighted by molar-refractivity contribution is 0.148. The second kappa shape index (κ2) is 10.7. The van der Waals surface area contributed by atoms with E-state index in [4.69, 9.17) is 0 Å². The van der Waals surface area contributed by atoms with Gasteiger partial charge in [0, 0.05) is 18.3 Å². The van der Waals surface area contributed by atoms with Crippen LogP contribution in [0.5, 0.6) is 11.5 Å². The largest absolute Gasteiger partial charge is 0.508 e. The Labute approximate surface area is 225 Å². The van der Waals surface area contributed by atoms with Crippen LogP contribution in [0.2, 0.25) is 0 Å². The van der Waals surface area contributed by atoms with Crippen LogP contribution in [-0.4, -0.2) is 39.3 Å². The van der Waals surface area contributed by atoms with Crippen LogP contribution in [0.4, 0.5) is 19.3 Å². The maximum absolute atomic E-state index is 13.7. The molecule has 0 bridgehead atoms. The number of amides is 2. The van der Waals surface area contributed by atoms with Gasteiger partial charge in [0.15, 0.2) is 0 Å². The number of aromatic hydroxyl groups is 2. The number of benzene rings is 4. The molecule has 1 aliphatic rings.